The molecule has 4 aromatic carbocycles. The van der Waals surface area contributed by atoms with E-state index in [1.54, 1.807) is 12.1 Å². The first-order chi connectivity index (χ1) is 29.2. The van der Waals surface area contributed by atoms with E-state index in [2.05, 4.69) is 52.5 Å². The Morgan fingerprint density at radius 2 is 1.49 bits per heavy atom. The van der Waals surface area contributed by atoms with Gasteiger partial charge >= 0.3 is 5.97 Å². The van der Waals surface area contributed by atoms with Crippen LogP contribution < -0.4 is 27.0 Å². The first kappa shape index (κ1) is 45.3. The lowest BCUT2D eigenvalue weighted by Crippen LogP contribution is -2.55. The Kier molecular flexibility index (Phi) is 15.6. The quantitative estimate of drug-likeness (QED) is 0.0858. The standard InChI is InChI=1S/C46H54N6O9/c1-4-5-7-28-9-12-30(13-10-28)31-14-16-32(17-15-31)43(57)48-23-21-40(55)50-36(8-6-22-47)45(59)52(3)41-33-18-20-39(54)35(26-33)34-24-29(11-19-38(34)53)25-37(46(60)61)51-42(56)27(2)49-44(41)58/h9-20,24,26-27,36-37,41,53-54H,4-8,21-23,25,47H2,1-3H3,(H,48,57)(H,49,58)(H,50,55)(H,51,56)(H,60,61)/t27-,36-,37-,41-/m0/s1. The van der Waals surface area contributed by atoms with Crippen molar-refractivity contribution in [2.24, 2.45) is 5.73 Å². The van der Waals surface area contributed by atoms with E-state index < -0.39 is 53.8 Å². The summed E-state index contributed by atoms with van der Waals surface area (Å²) in [5.74, 6) is -5.07. The summed E-state index contributed by atoms with van der Waals surface area (Å²) in [4.78, 5) is 81.0. The van der Waals surface area contributed by atoms with Crippen LogP contribution in [0.3, 0.4) is 0 Å². The van der Waals surface area contributed by atoms with Crippen molar-refractivity contribution >= 4 is 35.5 Å². The molecule has 5 rings (SSSR count). The Hall–Kier alpha value is -6.74. The summed E-state index contributed by atoms with van der Waals surface area (Å²) < 4.78 is 0. The van der Waals surface area contributed by atoms with Crippen LogP contribution in [0.15, 0.2) is 84.9 Å². The summed E-state index contributed by atoms with van der Waals surface area (Å²) in [6.45, 7) is 3.69. The topological polar surface area (TPSA) is 240 Å². The third kappa shape index (κ3) is 11.7. The Balaban J connectivity index is 1.31. The number of likely N-dealkylation sites (N-methyl/N-ethyl adjacent to an activating group) is 1. The van der Waals surface area contributed by atoms with Crippen LogP contribution in [-0.4, -0.2) is 94.0 Å². The minimum atomic E-state index is -1.45. The number of nitrogens with two attached hydrogens (primary N) is 1. The number of amides is 5. The fourth-order valence-corrected chi connectivity index (χ4v) is 7.18. The molecule has 4 aromatic rings. The van der Waals surface area contributed by atoms with E-state index in [-0.39, 0.29) is 66.4 Å². The zero-order valence-corrected chi connectivity index (χ0v) is 34.6. The van der Waals surface area contributed by atoms with E-state index in [1.807, 2.05) is 12.1 Å². The van der Waals surface area contributed by atoms with Crippen LogP contribution in [0, 0.1) is 0 Å². The average Bonchev–Trinajstić information content (AvgIpc) is 3.24. The molecule has 0 radical (unpaired) electrons. The lowest BCUT2D eigenvalue weighted by Gasteiger charge is -2.32. The number of phenols is 2. The Labute approximate surface area is 354 Å². The smallest absolute Gasteiger partial charge is 0.326 e. The molecule has 4 atom stereocenters. The normalized spacial score (nSPS) is 16.9. The Morgan fingerprint density at radius 1 is 0.852 bits per heavy atom. The summed E-state index contributed by atoms with van der Waals surface area (Å²) in [7, 11) is 1.35. The minimum Gasteiger partial charge on any atom is -0.507 e. The van der Waals surface area contributed by atoms with Crippen LogP contribution in [0.1, 0.15) is 79.0 Å². The molecule has 1 aliphatic rings. The molecule has 15 heteroatoms. The van der Waals surface area contributed by atoms with E-state index in [0.29, 0.717) is 17.5 Å². The van der Waals surface area contributed by atoms with Crippen LogP contribution in [0.25, 0.3) is 22.3 Å². The van der Waals surface area contributed by atoms with Gasteiger partial charge in [0, 0.05) is 43.1 Å². The van der Waals surface area contributed by atoms with Gasteiger partial charge in [-0.25, -0.2) is 4.79 Å². The van der Waals surface area contributed by atoms with Gasteiger partial charge in [0.2, 0.25) is 23.6 Å². The number of unbranched alkanes of at least 4 members (excludes halogenated alkanes) is 1. The fourth-order valence-electron chi connectivity index (χ4n) is 7.18. The maximum absolute atomic E-state index is 14.3. The van der Waals surface area contributed by atoms with Gasteiger partial charge in [-0.3, -0.25) is 24.0 Å². The van der Waals surface area contributed by atoms with Gasteiger partial charge in [-0.2, -0.15) is 0 Å². The number of hydrogen-bond donors (Lipinski definition) is 8. The third-order valence-electron chi connectivity index (χ3n) is 10.7. The van der Waals surface area contributed by atoms with Crippen molar-refractivity contribution in [3.63, 3.8) is 0 Å². The van der Waals surface area contributed by atoms with Crippen molar-refractivity contribution in [3.05, 3.63) is 107 Å². The van der Waals surface area contributed by atoms with Gasteiger partial charge < -0.3 is 47.2 Å². The maximum Gasteiger partial charge on any atom is 0.326 e. The molecular formula is C46H54N6O9. The predicted octanol–water partition coefficient (Wildman–Crippen LogP) is 3.95. The van der Waals surface area contributed by atoms with Crippen molar-refractivity contribution in [1.29, 1.82) is 0 Å². The average molecular weight is 835 g/mol. The molecule has 0 saturated carbocycles. The zero-order valence-electron chi connectivity index (χ0n) is 34.6. The molecule has 9 N–H and O–H groups in total. The number of carboxylic acids is 1. The number of nitrogens with zero attached hydrogens (tertiary/aromatic N) is 1. The highest BCUT2D eigenvalue weighted by atomic mass is 16.4. The first-order valence-corrected chi connectivity index (χ1v) is 20.4. The van der Waals surface area contributed by atoms with Gasteiger partial charge in [-0.1, -0.05) is 61.9 Å². The largest absolute Gasteiger partial charge is 0.507 e. The van der Waals surface area contributed by atoms with E-state index >= 15 is 0 Å². The Bertz CT molecular complexity index is 2230. The van der Waals surface area contributed by atoms with Gasteiger partial charge in [0.15, 0.2) is 0 Å². The number of benzene rings is 4. The van der Waals surface area contributed by atoms with Crippen molar-refractivity contribution in [3.8, 4) is 33.8 Å². The molecule has 1 heterocycles. The molecule has 0 aromatic heterocycles. The molecule has 0 unspecified atom stereocenters. The number of aliphatic carboxylic acids is 1. The van der Waals surface area contributed by atoms with E-state index in [9.17, 15) is 44.1 Å². The molecule has 4 bridgehead atoms. The number of aryl methyl sites for hydroxylation is 1. The summed E-state index contributed by atoms with van der Waals surface area (Å²) in [6, 6.07) is 18.7. The summed E-state index contributed by atoms with van der Waals surface area (Å²) in [5, 5.41) is 42.1. The number of aromatic hydroxyl groups is 2. The van der Waals surface area contributed by atoms with Crippen LogP contribution in [0.5, 0.6) is 11.5 Å². The van der Waals surface area contributed by atoms with E-state index in [4.69, 9.17) is 5.73 Å². The van der Waals surface area contributed by atoms with Crippen molar-refractivity contribution in [2.45, 2.75) is 83.0 Å². The van der Waals surface area contributed by atoms with Crippen molar-refractivity contribution in [1.82, 2.24) is 26.2 Å². The van der Waals surface area contributed by atoms with Crippen LogP contribution >= 0.6 is 0 Å². The van der Waals surface area contributed by atoms with Crippen molar-refractivity contribution in [2.75, 3.05) is 20.1 Å². The predicted molar refractivity (Wildman–Crippen MR) is 229 cm³/mol. The molecule has 322 valence electrons. The molecule has 0 aliphatic carbocycles. The second-order valence-corrected chi connectivity index (χ2v) is 15.2. The van der Waals surface area contributed by atoms with Crippen molar-refractivity contribution < 1.29 is 44.1 Å². The summed E-state index contributed by atoms with van der Waals surface area (Å²) in [6.07, 6.45) is 3.40. The molecule has 0 saturated heterocycles. The lowest BCUT2D eigenvalue weighted by molar-refractivity contribution is -0.143. The van der Waals surface area contributed by atoms with Crippen LogP contribution in [0.2, 0.25) is 0 Å². The van der Waals surface area contributed by atoms with E-state index in [0.717, 1.165) is 35.3 Å². The number of rotatable bonds is 15. The Morgan fingerprint density at radius 3 is 2.13 bits per heavy atom. The van der Waals surface area contributed by atoms with Gasteiger partial charge in [0.1, 0.15) is 35.7 Å². The van der Waals surface area contributed by atoms with Gasteiger partial charge in [0.05, 0.1) is 0 Å². The summed E-state index contributed by atoms with van der Waals surface area (Å²) >= 11 is 0. The monoisotopic (exact) mass is 834 g/mol. The third-order valence-corrected chi connectivity index (χ3v) is 10.7. The number of fused-ring (bicyclic) bond motifs is 5. The summed E-state index contributed by atoms with van der Waals surface area (Å²) in [5.41, 5.74) is 10.3. The van der Waals surface area contributed by atoms with Gasteiger partial charge in [-0.15, -0.1) is 0 Å². The molecule has 0 spiro atoms. The molecular weight excluding hydrogens is 781 g/mol. The number of carbonyl (C=O) groups is 6. The SMILES string of the molecule is CCCCc1ccc(-c2ccc(C(=O)NCCC(=O)N[C@@H](CCCN)C(=O)N(C)[C@@H]3C(=O)N[C@@H](C)C(=O)N[C@H](C(=O)O)Cc4ccc(O)c(c4)-c4cc3ccc4O)cc2)cc1. The second kappa shape index (κ2) is 21.0. The maximum atomic E-state index is 14.3. The molecule has 1 aliphatic heterocycles. The molecule has 61 heavy (non-hydrogen) atoms. The molecule has 5 amide bonds. The van der Waals surface area contributed by atoms with Gasteiger partial charge in [-0.05, 0) is 103 Å². The zero-order chi connectivity index (χ0) is 44.2. The van der Waals surface area contributed by atoms with Crippen LogP contribution in [-0.2, 0) is 36.8 Å². The first-order valence-electron chi connectivity index (χ1n) is 20.4. The van der Waals surface area contributed by atoms with Crippen LogP contribution in [0.4, 0.5) is 0 Å². The molecule has 0 fully saturated rings. The number of carbonyl (C=O) groups excluding carboxylic acids is 5. The van der Waals surface area contributed by atoms with Gasteiger partial charge in [0.25, 0.3) is 5.91 Å². The van der Waals surface area contributed by atoms with E-state index in [1.165, 1.54) is 55.9 Å². The minimum absolute atomic E-state index is 0.0304. The number of carboxylic acid groups (broad SMARTS) is 1. The molecule has 15 nitrogen and oxygen atoms in total. The fraction of sp³-hybridized carbons (Fsp3) is 0.348. The second-order valence-electron chi connectivity index (χ2n) is 15.2. The number of nitrogens with one attached hydrogen (secondary N) is 4. The highest BCUT2D eigenvalue weighted by molar-refractivity contribution is 5.97. The lowest BCUT2D eigenvalue weighted by atomic mass is 9.93. The number of hydrogen-bond acceptors (Lipinski definition) is 9. The highest BCUT2D eigenvalue weighted by Crippen LogP contribution is 2.39. The highest BCUT2D eigenvalue weighted by Gasteiger charge is 2.36. The number of phenolic OH excluding ortho intramolecular Hbond substituents is 2.